The molecule has 0 radical (unpaired) electrons. The monoisotopic (exact) mass is 720 g/mol. The lowest BCUT2D eigenvalue weighted by Gasteiger charge is -2.14. The summed E-state index contributed by atoms with van der Waals surface area (Å²) in [5.74, 6) is 0.708. The number of thiophene rings is 1. The summed E-state index contributed by atoms with van der Waals surface area (Å²) in [6.07, 6.45) is 0. The molecule has 10 rings (SSSR count). The van der Waals surface area contributed by atoms with Gasteiger partial charge < -0.3 is 0 Å². The fourth-order valence-corrected chi connectivity index (χ4v) is 8.53. The van der Waals surface area contributed by atoms with Crippen molar-refractivity contribution >= 4 is 31.5 Å². The number of hydrogen-bond acceptors (Lipinski definition) is 5. The fraction of sp³-hybridized carbons (Fsp3) is 0. The summed E-state index contributed by atoms with van der Waals surface area (Å²) in [4.78, 5) is 10.0. The van der Waals surface area contributed by atoms with Crippen molar-refractivity contribution in [1.29, 1.82) is 0 Å². The molecule has 0 amide bonds. The molecule has 5 heteroatoms. The second-order valence-corrected chi connectivity index (χ2v) is 14.5. The summed E-state index contributed by atoms with van der Waals surface area (Å²) in [5.41, 5.74) is 13.4. The number of nitrogens with zero attached hydrogens (tertiary/aromatic N) is 4. The van der Waals surface area contributed by atoms with Crippen LogP contribution in [0.4, 0.5) is 0 Å². The molecule has 0 bridgehead atoms. The molecule has 0 atom stereocenters. The molecule has 3 aromatic heterocycles. The Morgan fingerprint density at radius 1 is 0.327 bits per heavy atom. The molecule has 0 aliphatic heterocycles. The lowest BCUT2D eigenvalue weighted by Crippen LogP contribution is -1.96. The maximum Gasteiger partial charge on any atom is 0.160 e. The van der Waals surface area contributed by atoms with Gasteiger partial charge in [0.1, 0.15) is 0 Å². The molecule has 258 valence electrons. The third-order valence-electron chi connectivity index (χ3n) is 10.1. The number of benzene rings is 7. The smallest absolute Gasteiger partial charge is 0.160 e. The molecule has 4 nitrogen and oxygen atoms in total. The number of hydrogen-bond donors (Lipinski definition) is 0. The van der Waals surface area contributed by atoms with Crippen LogP contribution in [-0.2, 0) is 0 Å². The van der Waals surface area contributed by atoms with Gasteiger partial charge in [0.05, 0.1) is 22.8 Å². The zero-order valence-corrected chi connectivity index (χ0v) is 30.5. The van der Waals surface area contributed by atoms with Gasteiger partial charge in [0.25, 0.3) is 0 Å². The predicted octanol–water partition coefficient (Wildman–Crippen LogP) is 13.3. The first-order valence-corrected chi connectivity index (χ1v) is 19.1. The molecule has 55 heavy (non-hydrogen) atoms. The van der Waals surface area contributed by atoms with Crippen LogP contribution >= 0.6 is 11.3 Å². The van der Waals surface area contributed by atoms with E-state index in [0.717, 1.165) is 61.7 Å². The van der Waals surface area contributed by atoms with Gasteiger partial charge in [-0.05, 0) is 41.0 Å². The first-order chi connectivity index (χ1) is 27.2. The van der Waals surface area contributed by atoms with Gasteiger partial charge in [-0.1, -0.05) is 170 Å². The summed E-state index contributed by atoms with van der Waals surface area (Å²) in [6.45, 7) is 0. The van der Waals surface area contributed by atoms with E-state index in [-0.39, 0.29) is 0 Å². The van der Waals surface area contributed by atoms with Crippen molar-refractivity contribution in [3.63, 3.8) is 0 Å². The van der Waals surface area contributed by atoms with E-state index in [1.807, 2.05) is 78.1 Å². The van der Waals surface area contributed by atoms with E-state index in [4.69, 9.17) is 9.97 Å². The van der Waals surface area contributed by atoms with E-state index in [1.54, 1.807) is 0 Å². The Hall–Kier alpha value is -7.08. The van der Waals surface area contributed by atoms with Crippen LogP contribution in [-0.4, -0.2) is 20.2 Å². The average Bonchev–Trinajstić information content (AvgIpc) is 3.66. The predicted molar refractivity (Wildman–Crippen MR) is 229 cm³/mol. The van der Waals surface area contributed by atoms with Crippen LogP contribution < -0.4 is 0 Å². The van der Waals surface area contributed by atoms with Gasteiger partial charge in [0.2, 0.25) is 0 Å². The summed E-state index contributed by atoms with van der Waals surface area (Å²) in [6, 6.07) is 67.6. The van der Waals surface area contributed by atoms with Crippen LogP contribution in [0.5, 0.6) is 0 Å². The second-order valence-electron chi connectivity index (χ2n) is 13.5. The molecular weight excluding hydrogens is 689 g/mol. The Morgan fingerprint density at radius 3 is 1.40 bits per heavy atom. The van der Waals surface area contributed by atoms with Gasteiger partial charge in [0.15, 0.2) is 5.82 Å². The molecule has 0 N–H and O–H groups in total. The first-order valence-electron chi connectivity index (χ1n) is 18.3. The molecule has 0 fully saturated rings. The zero-order chi connectivity index (χ0) is 36.6. The highest BCUT2D eigenvalue weighted by atomic mass is 32.1. The molecule has 0 spiro atoms. The molecule has 0 aliphatic carbocycles. The number of fused-ring (bicyclic) bond motifs is 3. The molecule has 7 aromatic carbocycles. The maximum absolute atomic E-state index is 5.07. The minimum Gasteiger partial charge on any atom is -0.228 e. The summed E-state index contributed by atoms with van der Waals surface area (Å²) >= 11 is 1.85. The minimum atomic E-state index is 0.708. The average molecular weight is 721 g/mol. The van der Waals surface area contributed by atoms with Crippen molar-refractivity contribution < 1.29 is 0 Å². The van der Waals surface area contributed by atoms with Crippen molar-refractivity contribution in [3.8, 4) is 78.7 Å². The normalized spacial score (nSPS) is 11.3. The molecule has 0 saturated heterocycles. The van der Waals surface area contributed by atoms with Gasteiger partial charge in [-0.3, -0.25) is 0 Å². The fourth-order valence-electron chi connectivity index (χ4n) is 7.26. The highest BCUT2D eigenvalue weighted by molar-refractivity contribution is 7.26. The molecule has 3 heterocycles. The SMILES string of the molecule is c1ccc(-c2ccc(-c3ccc(-c4c(-c5ccc(-c6cc(-c7ccccc7)nc(-c7ccccc7)n6)cc5)ccc5c4sc4ccccc45)cc3)nn2)cc1. The van der Waals surface area contributed by atoms with E-state index >= 15 is 0 Å². The molecule has 0 saturated carbocycles. The van der Waals surface area contributed by atoms with E-state index in [0.29, 0.717) is 5.82 Å². The Kier molecular flexibility index (Phi) is 8.32. The Morgan fingerprint density at radius 2 is 0.800 bits per heavy atom. The van der Waals surface area contributed by atoms with Crippen molar-refractivity contribution in [2.24, 2.45) is 0 Å². The van der Waals surface area contributed by atoms with Crippen LogP contribution in [0.15, 0.2) is 194 Å². The largest absolute Gasteiger partial charge is 0.228 e. The molecule has 0 unspecified atom stereocenters. The highest BCUT2D eigenvalue weighted by Crippen LogP contribution is 2.45. The van der Waals surface area contributed by atoms with Gasteiger partial charge in [-0.25, -0.2) is 9.97 Å². The van der Waals surface area contributed by atoms with Crippen LogP contribution in [0.25, 0.3) is 98.8 Å². The third-order valence-corrected chi connectivity index (χ3v) is 11.3. The Labute approximate surface area is 323 Å². The lowest BCUT2D eigenvalue weighted by molar-refractivity contribution is 1.04. The zero-order valence-electron chi connectivity index (χ0n) is 29.7. The quantitative estimate of drug-likeness (QED) is 0.164. The Bertz CT molecular complexity index is 2870. The van der Waals surface area contributed by atoms with Gasteiger partial charge in [0, 0.05) is 53.6 Å². The van der Waals surface area contributed by atoms with Crippen LogP contribution in [0, 0.1) is 0 Å². The van der Waals surface area contributed by atoms with E-state index in [2.05, 4.69) is 138 Å². The van der Waals surface area contributed by atoms with E-state index in [9.17, 15) is 0 Å². The minimum absolute atomic E-state index is 0.708. The first kappa shape index (κ1) is 32.6. The van der Waals surface area contributed by atoms with Crippen LogP contribution in [0.1, 0.15) is 0 Å². The van der Waals surface area contributed by atoms with Gasteiger partial charge in [-0.15, -0.1) is 21.5 Å². The van der Waals surface area contributed by atoms with Crippen LogP contribution in [0.3, 0.4) is 0 Å². The molecular formula is C50H32N4S. The van der Waals surface area contributed by atoms with Crippen molar-refractivity contribution in [2.75, 3.05) is 0 Å². The van der Waals surface area contributed by atoms with E-state index in [1.165, 1.54) is 31.3 Å². The summed E-state index contributed by atoms with van der Waals surface area (Å²) in [7, 11) is 0. The Balaban J connectivity index is 1.05. The highest BCUT2D eigenvalue weighted by Gasteiger charge is 2.17. The second kappa shape index (κ2) is 14.0. The van der Waals surface area contributed by atoms with Gasteiger partial charge in [-0.2, -0.15) is 0 Å². The maximum atomic E-state index is 5.07. The van der Waals surface area contributed by atoms with Crippen molar-refractivity contribution in [2.45, 2.75) is 0 Å². The van der Waals surface area contributed by atoms with Crippen molar-refractivity contribution in [1.82, 2.24) is 20.2 Å². The standard InChI is InChI=1S/C50H32N4S/c1-4-12-34(13-5-1)43-30-31-44(54-53-43)36-24-26-38(27-25-36)48-40(28-29-42-41-18-10-11-19-47(41)55-49(42)48)33-20-22-37(23-21-33)46-32-45(35-14-6-2-7-15-35)51-50(52-46)39-16-8-3-9-17-39/h1-32H. The summed E-state index contributed by atoms with van der Waals surface area (Å²) in [5, 5.41) is 11.7. The number of aromatic nitrogens is 4. The topological polar surface area (TPSA) is 51.6 Å². The van der Waals surface area contributed by atoms with E-state index < -0.39 is 0 Å². The number of rotatable bonds is 7. The molecule has 10 aromatic rings. The lowest BCUT2D eigenvalue weighted by atomic mass is 9.91. The third kappa shape index (κ3) is 6.27. The van der Waals surface area contributed by atoms with Gasteiger partial charge >= 0.3 is 0 Å². The molecule has 0 aliphatic rings. The van der Waals surface area contributed by atoms with Crippen molar-refractivity contribution in [3.05, 3.63) is 194 Å². The van der Waals surface area contributed by atoms with Crippen LogP contribution in [0.2, 0.25) is 0 Å². The summed E-state index contributed by atoms with van der Waals surface area (Å²) < 4.78 is 2.56.